The quantitative estimate of drug-likeness (QED) is 0.417. The van der Waals surface area contributed by atoms with Crippen LogP contribution in [0.1, 0.15) is 5.56 Å². The molecule has 0 unspecified atom stereocenters. The number of nitrogens with two attached hydrogens (primary N) is 1. The standard InChI is InChI=1S/C14H19F2N3O2S.HI/c1-20-11-3-2-10(12(8-11)21-13(15)16)9-18-14(17)19-4-6-22-7-5-19;/h2-3,8,13H,4-7,9H2,1H3,(H2,17,18);1H. The average Bonchev–Trinajstić information content (AvgIpc) is 2.53. The van der Waals surface area contributed by atoms with Crippen LogP contribution >= 0.6 is 35.7 Å². The van der Waals surface area contributed by atoms with Crippen molar-refractivity contribution in [1.82, 2.24) is 4.90 Å². The fourth-order valence-corrected chi connectivity index (χ4v) is 2.96. The molecule has 23 heavy (non-hydrogen) atoms. The Morgan fingerprint density at radius 2 is 2.09 bits per heavy atom. The lowest BCUT2D eigenvalue weighted by molar-refractivity contribution is -0.0505. The van der Waals surface area contributed by atoms with Crippen LogP contribution in [0.4, 0.5) is 8.78 Å². The molecule has 0 amide bonds. The second-order valence-corrected chi connectivity index (χ2v) is 5.85. The van der Waals surface area contributed by atoms with Crippen molar-refractivity contribution in [2.24, 2.45) is 10.7 Å². The zero-order valence-electron chi connectivity index (χ0n) is 12.7. The highest BCUT2D eigenvalue weighted by Gasteiger charge is 2.14. The van der Waals surface area contributed by atoms with E-state index in [-0.39, 0.29) is 36.3 Å². The highest BCUT2D eigenvalue weighted by atomic mass is 127. The van der Waals surface area contributed by atoms with Crippen molar-refractivity contribution in [3.05, 3.63) is 23.8 Å². The van der Waals surface area contributed by atoms with Gasteiger partial charge in [0.2, 0.25) is 0 Å². The van der Waals surface area contributed by atoms with Crippen LogP contribution in [-0.2, 0) is 6.54 Å². The molecule has 0 aromatic heterocycles. The molecule has 1 fully saturated rings. The molecule has 0 bridgehead atoms. The molecule has 5 nitrogen and oxygen atoms in total. The minimum Gasteiger partial charge on any atom is -0.497 e. The molecular formula is C14H20F2IN3O2S. The number of nitrogens with zero attached hydrogens (tertiary/aromatic N) is 2. The maximum atomic E-state index is 12.5. The first-order valence-corrected chi connectivity index (χ1v) is 8.00. The summed E-state index contributed by atoms with van der Waals surface area (Å²) < 4.78 is 34.5. The number of aliphatic imine (C=N–C) groups is 1. The normalized spacial score (nSPS) is 15.3. The van der Waals surface area contributed by atoms with Crippen LogP contribution in [0, 0.1) is 0 Å². The van der Waals surface area contributed by atoms with Crippen molar-refractivity contribution in [3.8, 4) is 11.5 Å². The van der Waals surface area contributed by atoms with Crippen molar-refractivity contribution in [1.29, 1.82) is 0 Å². The number of methoxy groups -OCH3 is 1. The SMILES string of the molecule is COc1ccc(CN=C(N)N2CCSCC2)c(OC(F)F)c1.I. The van der Waals surface area contributed by atoms with Crippen molar-refractivity contribution in [2.45, 2.75) is 13.2 Å². The minimum atomic E-state index is -2.90. The molecule has 1 saturated heterocycles. The average molecular weight is 459 g/mol. The third kappa shape index (κ3) is 6.21. The van der Waals surface area contributed by atoms with Gasteiger partial charge in [-0.25, -0.2) is 4.99 Å². The summed E-state index contributed by atoms with van der Waals surface area (Å²) in [5, 5.41) is 0. The number of hydrogen-bond acceptors (Lipinski definition) is 4. The fourth-order valence-electron chi connectivity index (χ4n) is 2.06. The number of halogens is 3. The zero-order valence-corrected chi connectivity index (χ0v) is 15.9. The van der Waals surface area contributed by atoms with E-state index in [1.54, 1.807) is 12.1 Å². The third-order valence-electron chi connectivity index (χ3n) is 3.24. The number of thioether (sulfide) groups is 1. The Balaban J connectivity index is 0.00000264. The van der Waals surface area contributed by atoms with Crippen LogP contribution in [0.15, 0.2) is 23.2 Å². The smallest absolute Gasteiger partial charge is 0.387 e. The van der Waals surface area contributed by atoms with Crippen LogP contribution in [0.3, 0.4) is 0 Å². The molecule has 0 radical (unpaired) electrons. The van der Waals surface area contributed by atoms with Gasteiger partial charge in [-0.3, -0.25) is 0 Å². The van der Waals surface area contributed by atoms with Crippen molar-refractivity contribution < 1.29 is 18.3 Å². The van der Waals surface area contributed by atoms with E-state index in [2.05, 4.69) is 9.73 Å². The van der Waals surface area contributed by atoms with Crippen LogP contribution in [0.25, 0.3) is 0 Å². The van der Waals surface area contributed by atoms with Gasteiger partial charge in [-0.05, 0) is 12.1 Å². The van der Waals surface area contributed by atoms with E-state index in [9.17, 15) is 8.78 Å². The maximum Gasteiger partial charge on any atom is 0.387 e. The van der Waals surface area contributed by atoms with Gasteiger partial charge >= 0.3 is 6.61 Å². The van der Waals surface area contributed by atoms with Gasteiger partial charge in [0.25, 0.3) is 0 Å². The maximum absolute atomic E-state index is 12.5. The van der Waals surface area contributed by atoms with E-state index in [0.29, 0.717) is 17.3 Å². The summed E-state index contributed by atoms with van der Waals surface area (Å²) in [7, 11) is 1.46. The van der Waals surface area contributed by atoms with E-state index >= 15 is 0 Å². The molecule has 1 heterocycles. The highest BCUT2D eigenvalue weighted by molar-refractivity contribution is 14.0. The number of alkyl halides is 2. The highest BCUT2D eigenvalue weighted by Crippen LogP contribution is 2.27. The van der Waals surface area contributed by atoms with Crippen LogP contribution in [0.2, 0.25) is 0 Å². The molecule has 0 aliphatic carbocycles. The van der Waals surface area contributed by atoms with E-state index in [1.807, 2.05) is 16.7 Å². The summed E-state index contributed by atoms with van der Waals surface area (Å²) in [4.78, 5) is 6.28. The Hall–Kier alpha value is -0.970. The second kappa shape index (κ2) is 10.0. The predicted octanol–water partition coefficient (Wildman–Crippen LogP) is 2.78. The monoisotopic (exact) mass is 459 g/mol. The minimum absolute atomic E-state index is 0. The number of benzene rings is 1. The summed E-state index contributed by atoms with van der Waals surface area (Å²) in [6, 6.07) is 4.75. The van der Waals surface area contributed by atoms with Gasteiger partial charge in [0.05, 0.1) is 13.7 Å². The lowest BCUT2D eigenvalue weighted by atomic mass is 10.2. The molecule has 1 aliphatic heterocycles. The zero-order chi connectivity index (χ0) is 15.9. The van der Waals surface area contributed by atoms with Gasteiger partial charge in [-0.15, -0.1) is 24.0 Å². The Labute approximate surface area is 155 Å². The first kappa shape index (κ1) is 20.1. The Morgan fingerprint density at radius 3 is 2.70 bits per heavy atom. The molecule has 0 spiro atoms. The lowest BCUT2D eigenvalue weighted by Gasteiger charge is -2.27. The van der Waals surface area contributed by atoms with Gasteiger partial charge < -0.3 is 20.1 Å². The molecule has 1 aromatic rings. The van der Waals surface area contributed by atoms with Crippen molar-refractivity contribution >= 4 is 41.7 Å². The molecule has 9 heteroatoms. The molecule has 1 aromatic carbocycles. The summed E-state index contributed by atoms with van der Waals surface area (Å²) in [6.45, 7) is -1.01. The third-order valence-corrected chi connectivity index (χ3v) is 4.18. The van der Waals surface area contributed by atoms with Gasteiger partial charge in [-0.1, -0.05) is 0 Å². The van der Waals surface area contributed by atoms with Gasteiger partial charge in [-0.2, -0.15) is 20.5 Å². The number of guanidine groups is 1. The topological polar surface area (TPSA) is 60.1 Å². The van der Waals surface area contributed by atoms with Crippen LogP contribution in [0.5, 0.6) is 11.5 Å². The lowest BCUT2D eigenvalue weighted by Crippen LogP contribution is -2.42. The molecular weight excluding hydrogens is 439 g/mol. The van der Waals surface area contributed by atoms with Crippen molar-refractivity contribution in [2.75, 3.05) is 31.7 Å². The van der Waals surface area contributed by atoms with E-state index in [1.165, 1.54) is 13.2 Å². The fraction of sp³-hybridized carbons (Fsp3) is 0.500. The van der Waals surface area contributed by atoms with Gasteiger partial charge in [0.15, 0.2) is 5.96 Å². The first-order valence-electron chi connectivity index (χ1n) is 6.84. The molecule has 2 N–H and O–H groups in total. The first-order chi connectivity index (χ1) is 10.6. The number of ether oxygens (including phenoxy) is 2. The predicted molar refractivity (Wildman–Crippen MR) is 99.3 cm³/mol. The summed E-state index contributed by atoms with van der Waals surface area (Å²) in [5.41, 5.74) is 6.49. The Bertz CT molecular complexity index is 529. The van der Waals surface area contributed by atoms with E-state index in [4.69, 9.17) is 10.5 Å². The Morgan fingerprint density at radius 1 is 1.39 bits per heavy atom. The van der Waals surface area contributed by atoms with E-state index < -0.39 is 6.61 Å². The molecule has 130 valence electrons. The summed E-state index contributed by atoms with van der Waals surface area (Å²) in [5.74, 6) is 2.96. The van der Waals surface area contributed by atoms with Gasteiger partial charge in [0.1, 0.15) is 11.5 Å². The van der Waals surface area contributed by atoms with E-state index in [0.717, 1.165) is 24.6 Å². The summed E-state index contributed by atoms with van der Waals surface area (Å²) >= 11 is 1.87. The number of hydrogen-bond donors (Lipinski definition) is 1. The molecule has 2 rings (SSSR count). The van der Waals surface area contributed by atoms with Gasteiger partial charge in [0, 0.05) is 36.2 Å². The second-order valence-electron chi connectivity index (χ2n) is 4.63. The molecule has 0 atom stereocenters. The largest absolute Gasteiger partial charge is 0.497 e. The Kier molecular flexibility index (Phi) is 8.74. The number of rotatable bonds is 5. The molecule has 0 saturated carbocycles. The van der Waals surface area contributed by atoms with Crippen LogP contribution < -0.4 is 15.2 Å². The molecule has 1 aliphatic rings. The van der Waals surface area contributed by atoms with Crippen molar-refractivity contribution in [3.63, 3.8) is 0 Å². The van der Waals surface area contributed by atoms with Crippen LogP contribution in [-0.4, -0.2) is 49.2 Å². The summed E-state index contributed by atoms with van der Waals surface area (Å²) in [6.07, 6.45) is 0.